The van der Waals surface area contributed by atoms with Crippen molar-refractivity contribution in [2.45, 2.75) is 51.9 Å². The zero-order valence-corrected chi connectivity index (χ0v) is 20.2. The van der Waals surface area contributed by atoms with Crippen LogP contribution in [-0.2, 0) is 41.5 Å². The van der Waals surface area contributed by atoms with E-state index in [9.17, 15) is 0 Å². The largest absolute Gasteiger partial charge is 0.392 e. The van der Waals surface area contributed by atoms with Crippen molar-refractivity contribution < 1.29 is 37.0 Å². The molecule has 1 aliphatic carbocycles. The second-order valence-electron chi connectivity index (χ2n) is 6.70. The Morgan fingerprint density at radius 2 is 0.613 bits per heavy atom. The molecule has 3 nitrogen and oxygen atoms in total. The van der Waals surface area contributed by atoms with Crippen molar-refractivity contribution in [2.24, 2.45) is 0 Å². The summed E-state index contributed by atoms with van der Waals surface area (Å²) in [7, 11) is 0. The molecule has 4 rings (SSSR count). The normalized spacial score (nSPS) is 10.9. The maximum Gasteiger partial charge on any atom is 0.0681 e. The monoisotopic (exact) mass is 457 g/mol. The van der Waals surface area contributed by atoms with Gasteiger partial charge in [0, 0.05) is 21.7 Å². The Morgan fingerprint density at radius 3 is 0.742 bits per heavy atom. The number of benzene rings is 3. The molecule has 0 amide bonds. The number of aliphatic hydroxyl groups excluding tert-OH is 3. The van der Waals surface area contributed by atoms with Crippen molar-refractivity contribution in [3.8, 4) is 0 Å². The van der Waals surface area contributed by atoms with Gasteiger partial charge in [0.1, 0.15) is 0 Å². The van der Waals surface area contributed by atoms with E-state index in [1.807, 2.05) is 91.0 Å². The second-order valence-corrected chi connectivity index (χ2v) is 6.70. The van der Waals surface area contributed by atoms with E-state index in [0.717, 1.165) is 16.7 Å². The van der Waals surface area contributed by atoms with Crippen LogP contribution >= 0.6 is 0 Å². The molecule has 0 aliphatic heterocycles. The SMILES string of the molecule is C1CCCC1.OCc1ccccc1.OCc1ccccc1.OCc1ccccc1.[CH3-].[Ti]. The Labute approximate surface area is 203 Å². The molecule has 0 spiro atoms. The first-order valence-electron chi connectivity index (χ1n) is 10.2. The quantitative estimate of drug-likeness (QED) is 0.337. The summed E-state index contributed by atoms with van der Waals surface area (Å²) < 4.78 is 0. The topological polar surface area (TPSA) is 60.7 Å². The summed E-state index contributed by atoms with van der Waals surface area (Å²) in [6, 6.07) is 28.6. The van der Waals surface area contributed by atoms with Crippen LogP contribution in [-0.4, -0.2) is 15.3 Å². The minimum Gasteiger partial charge on any atom is -0.392 e. The van der Waals surface area contributed by atoms with Crippen molar-refractivity contribution in [3.63, 3.8) is 0 Å². The van der Waals surface area contributed by atoms with Gasteiger partial charge in [-0.3, -0.25) is 0 Å². The molecule has 1 fully saturated rings. The number of hydrogen-bond acceptors (Lipinski definition) is 3. The van der Waals surface area contributed by atoms with E-state index in [4.69, 9.17) is 15.3 Å². The summed E-state index contributed by atoms with van der Waals surface area (Å²) in [5, 5.41) is 25.6. The predicted molar refractivity (Wildman–Crippen MR) is 127 cm³/mol. The van der Waals surface area contributed by atoms with Crippen LogP contribution in [0.1, 0.15) is 48.8 Å². The molecule has 0 heterocycles. The summed E-state index contributed by atoms with van der Waals surface area (Å²) in [4.78, 5) is 0. The van der Waals surface area contributed by atoms with Gasteiger partial charge in [-0.2, -0.15) is 0 Å². The molecular formula is C27H37O3Ti-. The minimum absolute atomic E-state index is 0. The third kappa shape index (κ3) is 17.6. The van der Waals surface area contributed by atoms with Gasteiger partial charge in [0.25, 0.3) is 0 Å². The zero-order valence-electron chi connectivity index (χ0n) is 18.7. The first-order chi connectivity index (χ1) is 14.3. The number of rotatable bonds is 3. The molecule has 0 radical (unpaired) electrons. The van der Waals surface area contributed by atoms with Crippen LogP contribution in [0.15, 0.2) is 91.0 Å². The van der Waals surface area contributed by atoms with Crippen LogP contribution in [0.2, 0.25) is 0 Å². The van der Waals surface area contributed by atoms with Crippen LogP contribution in [0.4, 0.5) is 0 Å². The fourth-order valence-electron chi connectivity index (χ4n) is 2.63. The summed E-state index contributed by atoms with van der Waals surface area (Å²) in [5.74, 6) is 0. The van der Waals surface area contributed by atoms with E-state index in [2.05, 4.69) is 0 Å². The smallest absolute Gasteiger partial charge is 0.0681 e. The molecule has 1 aliphatic rings. The van der Waals surface area contributed by atoms with E-state index in [-0.39, 0.29) is 49.0 Å². The van der Waals surface area contributed by atoms with Crippen molar-refractivity contribution in [1.29, 1.82) is 0 Å². The number of aliphatic hydroxyl groups is 3. The molecule has 0 bridgehead atoms. The fourth-order valence-corrected chi connectivity index (χ4v) is 2.63. The van der Waals surface area contributed by atoms with Gasteiger partial charge in [0.15, 0.2) is 0 Å². The van der Waals surface area contributed by atoms with Gasteiger partial charge in [-0.05, 0) is 16.7 Å². The van der Waals surface area contributed by atoms with Crippen molar-refractivity contribution in [3.05, 3.63) is 115 Å². The van der Waals surface area contributed by atoms with Crippen molar-refractivity contribution >= 4 is 0 Å². The Bertz CT molecular complexity index is 601. The molecule has 3 aromatic carbocycles. The van der Waals surface area contributed by atoms with Crippen LogP contribution < -0.4 is 0 Å². The van der Waals surface area contributed by atoms with Gasteiger partial charge in [-0.1, -0.05) is 123 Å². The van der Waals surface area contributed by atoms with Gasteiger partial charge in [-0.15, -0.1) is 0 Å². The molecule has 4 heteroatoms. The standard InChI is InChI=1S/3C7H8O.C5H10.CH3.Ti/c3*8-6-7-4-2-1-3-5-7;1-2-4-5-3-1;;/h3*1-5,8H,6H2;1-5H2;1H3;/q;;;;-1;. The third-order valence-corrected chi connectivity index (χ3v) is 4.33. The van der Waals surface area contributed by atoms with E-state index in [1.54, 1.807) is 0 Å². The Hall–Kier alpha value is -1.75. The average Bonchev–Trinajstić information content (AvgIpc) is 3.42. The predicted octanol–water partition coefficient (Wildman–Crippen LogP) is 5.93. The molecule has 0 unspecified atom stereocenters. The van der Waals surface area contributed by atoms with Crippen molar-refractivity contribution in [1.82, 2.24) is 0 Å². The Kier molecular flexibility index (Phi) is 23.3. The number of hydrogen-bond donors (Lipinski definition) is 3. The van der Waals surface area contributed by atoms with Gasteiger partial charge in [-0.25, -0.2) is 0 Å². The molecule has 0 atom stereocenters. The molecule has 3 aromatic rings. The Morgan fingerprint density at radius 1 is 0.419 bits per heavy atom. The van der Waals surface area contributed by atoms with Gasteiger partial charge < -0.3 is 22.7 Å². The summed E-state index contributed by atoms with van der Waals surface area (Å²) in [6.45, 7) is 0.419. The van der Waals surface area contributed by atoms with Crippen LogP contribution in [0.5, 0.6) is 0 Å². The van der Waals surface area contributed by atoms with E-state index < -0.39 is 0 Å². The van der Waals surface area contributed by atoms with Crippen LogP contribution in [0.3, 0.4) is 0 Å². The zero-order chi connectivity index (χ0) is 21.0. The molecule has 1 saturated carbocycles. The molecule has 31 heavy (non-hydrogen) atoms. The molecular weight excluding hydrogens is 420 g/mol. The van der Waals surface area contributed by atoms with Crippen LogP contribution in [0.25, 0.3) is 0 Å². The molecule has 3 N–H and O–H groups in total. The fraction of sp³-hybridized carbons (Fsp3) is 0.296. The maximum atomic E-state index is 8.54. The maximum absolute atomic E-state index is 8.54. The van der Waals surface area contributed by atoms with Gasteiger partial charge in [0.2, 0.25) is 0 Å². The first kappa shape index (κ1) is 31.4. The van der Waals surface area contributed by atoms with E-state index in [1.165, 1.54) is 32.1 Å². The molecule has 0 saturated heterocycles. The first-order valence-corrected chi connectivity index (χ1v) is 10.2. The average molecular weight is 457 g/mol. The molecule has 168 valence electrons. The van der Waals surface area contributed by atoms with Gasteiger partial charge >= 0.3 is 0 Å². The summed E-state index contributed by atoms with van der Waals surface area (Å²) in [5.41, 5.74) is 2.90. The summed E-state index contributed by atoms with van der Waals surface area (Å²) >= 11 is 0. The molecule has 0 aromatic heterocycles. The second kappa shape index (κ2) is 22.9. The van der Waals surface area contributed by atoms with Crippen molar-refractivity contribution in [2.75, 3.05) is 0 Å². The van der Waals surface area contributed by atoms with E-state index >= 15 is 0 Å². The van der Waals surface area contributed by atoms with Crippen LogP contribution in [0, 0.1) is 7.43 Å². The summed E-state index contributed by atoms with van der Waals surface area (Å²) in [6.07, 6.45) is 7.50. The van der Waals surface area contributed by atoms with Gasteiger partial charge in [0.05, 0.1) is 19.8 Å². The van der Waals surface area contributed by atoms with E-state index in [0.29, 0.717) is 0 Å². The minimum atomic E-state index is 0. The third-order valence-electron chi connectivity index (χ3n) is 4.33. The Balaban J connectivity index is 0.